The minimum absolute atomic E-state index is 0.162. The molecular formula is C17H14N2O. The fourth-order valence-electron chi connectivity index (χ4n) is 2.91. The smallest absolute Gasteiger partial charge is 0.231 e. The van der Waals surface area contributed by atoms with Crippen molar-refractivity contribution >= 4 is 22.5 Å². The number of benzene rings is 2. The summed E-state index contributed by atoms with van der Waals surface area (Å²) in [7, 11) is 1.83. The molecule has 0 N–H and O–H groups in total. The van der Waals surface area contributed by atoms with Crippen LogP contribution in [0.4, 0.5) is 5.69 Å². The number of likely N-dealkylation sites (N-methyl/N-ethyl adjacent to an activating group) is 1. The molecule has 3 heteroatoms. The van der Waals surface area contributed by atoms with Crippen molar-refractivity contribution in [2.75, 3.05) is 11.9 Å². The van der Waals surface area contributed by atoms with E-state index in [0.29, 0.717) is 6.42 Å². The van der Waals surface area contributed by atoms with E-state index in [9.17, 15) is 4.79 Å². The third kappa shape index (κ3) is 1.50. The van der Waals surface area contributed by atoms with E-state index >= 15 is 0 Å². The molecule has 2 heterocycles. The van der Waals surface area contributed by atoms with Gasteiger partial charge in [-0.1, -0.05) is 18.2 Å². The molecule has 1 aliphatic heterocycles. The molecule has 98 valence electrons. The van der Waals surface area contributed by atoms with Gasteiger partial charge in [-0.25, -0.2) is 0 Å². The van der Waals surface area contributed by atoms with Gasteiger partial charge in [0, 0.05) is 24.6 Å². The summed E-state index contributed by atoms with van der Waals surface area (Å²) in [5.74, 6) is 0.162. The minimum Gasteiger partial charge on any atom is -0.317 e. The number of rotatable bonds is 1. The number of amides is 1. The Labute approximate surface area is 117 Å². The SMILES string of the molecule is CN1C(=O)Cc2cc(-n3ccc4ccccc43)ccc21. The highest BCUT2D eigenvalue weighted by Gasteiger charge is 2.24. The maximum atomic E-state index is 11.8. The Morgan fingerprint density at radius 3 is 2.80 bits per heavy atom. The molecule has 0 bridgehead atoms. The van der Waals surface area contributed by atoms with Gasteiger partial charge in [-0.3, -0.25) is 4.79 Å². The first-order valence-electron chi connectivity index (χ1n) is 6.70. The van der Waals surface area contributed by atoms with E-state index in [-0.39, 0.29) is 5.91 Å². The van der Waals surface area contributed by atoms with E-state index in [0.717, 1.165) is 16.9 Å². The highest BCUT2D eigenvalue weighted by Crippen LogP contribution is 2.30. The van der Waals surface area contributed by atoms with Gasteiger partial charge in [0.15, 0.2) is 0 Å². The largest absolute Gasteiger partial charge is 0.317 e. The molecule has 20 heavy (non-hydrogen) atoms. The second-order valence-electron chi connectivity index (χ2n) is 5.19. The number of carbonyl (C=O) groups is 1. The fraction of sp³-hybridized carbons (Fsp3) is 0.118. The van der Waals surface area contributed by atoms with Gasteiger partial charge in [0.05, 0.1) is 11.9 Å². The lowest BCUT2D eigenvalue weighted by atomic mass is 10.1. The van der Waals surface area contributed by atoms with Gasteiger partial charge in [0.1, 0.15) is 0 Å². The van der Waals surface area contributed by atoms with Crippen LogP contribution in [0.15, 0.2) is 54.7 Å². The summed E-state index contributed by atoms with van der Waals surface area (Å²) in [6, 6.07) is 16.6. The van der Waals surface area contributed by atoms with Crippen LogP contribution in [0, 0.1) is 0 Å². The third-order valence-electron chi connectivity index (χ3n) is 4.02. The van der Waals surface area contributed by atoms with Gasteiger partial charge in [0.25, 0.3) is 0 Å². The molecule has 2 aromatic carbocycles. The molecule has 0 spiro atoms. The minimum atomic E-state index is 0.162. The number of nitrogens with zero attached hydrogens (tertiary/aromatic N) is 2. The molecule has 3 nitrogen and oxygen atoms in total. The molecule has 0 aliphatic carbocycles. The number of carbonyl (C=O) groups excluding carboxylic acids is 1. The van der Waals surface area contributed by atoms with Crippen LogP contribution in [-0.4, -0.2) is 17.5 Å². The molecule has 0 fully saturated rings. The Morgan fingerprint density at radius 1 is 1.05 bits per heavy atom. The zero-order valence-electron chi connectivity index (χ0n) is 11.2. The molecule has 0 atom stereocenters. The van der Waals surface area contributed by atoms with Crippen molar-refractivity contribution in [3.63, 3.8) is 0 Å². The summed E-state index contributed by atoms with van der Waals surface area (Å²) in [5, 5.41) is 1.22. The van der Waals surface area contributed by atoms with Crippen LogP contribution in [0.2, 0.25) is 0 Å². The van der Waals surface area contributed by atoms with Crippen LogP contribution >= 0.6 is 0 Å². The monoisotopic (exact) mass is 262 g/mol. The molecule has 0 saturated carbocycles. The number of hydrogen-bond donors (Lipinski definition) is 0. The maximum Gasteiger partial charge on any atom is 0.231 e. The number of anilines is 1. The second kappa shape index (κ2) is 3.97. The Morgan fingerprint density at radius 2 is 1.90 bits per heavy atom. The number of hydrogen-bond acceptors (Lipinski definition) is 1. The van der Waals surface area contributed by atoms with Gasteiger partial charge in [-0.2, -0.15) is 0 Å². The lowest BCUT2D eigenvalue weighted by Gasteiger charge is -2.11. The van der Waals surface area contributed by atoms with Crippen LogP contribution in [-0.2, 0) is 11.2 Å². The first-order chi connectivity index (χ1) is 9.74. The van der Waals surface area contributed by atoms with Gasteiger partial charge in [-0.05, 0) is 41.3 Å². The van der Waals surface area contributed by atoms with E-state index in [1.807, 2.05) is 25.2 Å². The summed E-state index contributed by atoms with van der Waals surface area (Å²) in [5.41, 5.74) is 4.42. The summed E-state index contributed by atoms with van der Waals surface area (Å²) < 4.78 is 2.17. The number of para-hydroxylation sites is 1. The lowest BCUT2D eigenvalue weighted by molar-refractivity contribution is -0.117. The first kappa shape index (κ1) is 11.3. The number of fused-ring (bicyclic) bond motifs is 2. The van der Waals surface area contributed by atoms with Gasteiger partial charge in [0.2, 0.25) is 5.91 Å². The molecule has 0 radical (unpaired) electrons. The molecular weight excluding hydrogens is 248 g/mol. The Hall–Kier alpha value is -2.55. The molecule has 1 aliphatic rings. The van der Waals surface area contributed by atoms with Crippen molar-refractivity contribution in [1.29, 1.82) is 0 Å². The summed E-state index contributed by atoms with van der Waals surface area (Å²) in [6.07, 6.45) is 2.58. The van der Waals surface area contributed by atoms with Crippen molar-refractivity contribution in [3.8, 4) is 5.69 Å². The average molecular weight is 262 g/mol. The highest BCUT2D eigenvalue weighted by molar-refractivity contribution is 6.01. The standard InChI is InChI=1S/C17H14N2O/c1-18-15-7-6-14(10-13(15)11-17(18)20)19-9-8-12-4-2-3-5-16(12)19/h2-10H,11H2,1H3. The van der Waals surface area contributed by atoms with Crippen LogP contribution < -0.4 is 4.90 Å². The topological polar surface area (TPSA) is 25.2 Å². The molecule has 1 aromatic heterocycles. The van der Waals surface area contributed by atoms with Gasteiger partial charge in [-0.15, -0.1) is 0 Å². The average Bonchev–Trinajstić information content (AvgIpc) is 3.01. The summed E-state index contributed by atoms with van der Waals surface area (Å²) >= 11 is 0. The number of aromatic nitrogens is 1. The van der Waals surface area contributed by atoms with Crippen LogP contribution in [0.1, 0.15) is 5.56 Å². The summed E-state index contributed by atoms with van der Waals surface area (Å²) in [4.78, 5) is 13.5. The molecule has 1 amide bonds. The second-order valence-corrected chi connectivity index (χ2v) is 5.19. The molecule has 0 unspecified atom stereocenters. The van der Waals surface area contributed by atoms with E-state index in [2.05, 4.69) is 41.1 Å². The highest BCUT2D eigenvalue weighted by atomic mass is 16.2. The van der Waals surface area contributed by atoms with E-state index < -0.39 is 0 Å². The summed E-state index contributed by atoms with van der Waals surface area (Å²) in [6.45, 7) is 0. The third-order valence-corrected chi connectivity index (χ3v) is 4.02. The van der Waals surface area contributed by atoms with Crippen LogP contribution in [0.5, 0.6) is 0 Å². The predicted molar refractivity (Wildman–Crippen MR) is 80.4 cm³/mol. The van der Waals surface area contributed by atoms with Crippen molar-refractivity contribution in [1.82, 2.24) is 4.57 Å². The van der Waals surface area contributed by atoms with Gasteiger partial charge < -0.3 is 9.47 Å². The van der Waals surface area contributed by atoms with Gasteiger partial charge >= 0.3 is 0 Å². The zero-order chi connectivity index (χ0) is 13.7. The molecule has 4 rings (SSSR count). The van der Waals surface area contributed by atoms with E-state index in [4.69, 9.17) is 0 Å². The fourth-order valence-corrected chi connectivity index (χ4v) is 2.91. The lowest BCUT2D eigenvalue weighted by Crippen LogP contribution is -2.20. The van der Waals surface area contributed by atoms with Crippen molar-refractivity contribution < 1.29 is 4.79 Å². The van der Waals surface area contributed by atoms with E-state index in [1.54, 1.807) is 4.90 Å². The normalized spacial score (nSPS) is 14.1. The van der Waals surface area contributed by atoms with Crippen molar-refractivity contribution in [3.05, 3.63) is 60.3 Å². The van der Waals surface area contributed by atoms with Crippen LogP contribution in [0.25, 0.3) is 16.6 Å². The Kier molecular flexibility index (Phi) is 2.24. The predicted octanol–water partition coefficient (Wildman–Crippen LogP) is 3.15. The maximum absolute atomic E-state index is 11.8. The zero-order valence-corrected chi connectivity index (χ0v) is 11.2. The van der Waals surface area contributed by atoms with Crippen LogP contribution in [0.3, 0.4) is 0 Å². The van der Waals surface area contributed by atoms with Crippen molar-refractivity contribution in [2.45, 2.75) is 6.42 Å². The van der Waals surface area contributed by atoms with Crippen molar-refractivity contribution in [2.24, 2.45) is 0 Å². The quantitative estimate of drug-likeness (QED) is 0.661. The van der Waals surface area contributed by atoms with E-state index in [1.165, 1.54) is 10.9 Å². The molecule has 0 saturated heterocycles. The first-order valence-corrected chi connectivity index (χ1v) is 6.70. The molecule has 3 aromatic rings. The Bertz CT molecular complexity index is 832. The Balaban J connectivity index is 1.88.